The molecule has 0 aromatic heterocycles. The van der Waals surface area contributed by atoms with Crippen LogP contribution in [0.5, 0.6) is 5.75 Å². The molecule has 0 saturated carbocycles. The maximum atomic E-state index is 12.4. The fourth-order valence-corrected chi connectivity index (χ4v) is 5.56. The van der Waals surface area contributed by atoms with Gasteiger partial charge in [0.2, 0.25) is 15.9 Å². The van der Waals surface area contributed by atoms with E-state index in [-0.39, 0.29) is 24.4 Å². The minimum absolute atomic E-state index is 0.174. The first kappa shape index (κ1) is 21.8. The van der Waals surface area contributed by atoms with Gasteiger partial charge in [0.25, 0.3) is 0 Å². The van der Waals surface area contributed by atoms with E-state index in [1.54, 1.807) is 13.2 Å². The van der Waals surface area contributed by atoms with Crippen LogP contribution in [-0.2, 0) is 27.8 Å². The van der Waals surface area contributed by atoms with Crippen molar-refractivity contribution < 1.29 is 17.9 Å². The van der Waals surface area contributed by atoms with Crippen LogP contribution in [0.2, 0.25) is 0 Å². The first-order valence-electron chi connectivity index (χ1n) is 10.6. The Morgan fingerprint density at radius 2 is 1.97 bits per heavy atom. The molecule has 2 heterocycles. The second-order valence-corrected chi connectivity index (χ2v) is 10.0. The van der Waals surface area contributed by atoms with Gasteiger partial charge in [-0.3, -0.25) is 4.79 Å². The maximum Gasteiger partial charge on any atom is 0.241 e. The van der Waals surface area contributed by atoms with Gasteiger partial charge in [0, 0.05) is 30.6 Å². The van der Waals surface area contributed by atoms with Crippen LogP contribution in [0.1, 0.15) is 42.0 Å². The number of piperidine rings is 1. The lowest BCUT2D eigenvalue weighted by Gasteiger charge is -2.34. The molecule has 31 heavy (non-hydrogen) atoms. The largest absolute Gasteiger partial charge is 0.496 e. The van der Waals surface area contributed by atoms with Gasteiger partial charge in [-0.25, -0.2) is 12.7 Å². The fourth-order valence-electron chi connectivity index (χ4n) is 4.57. The molecule has 1 saturated heterocycles. The highest BCUT2D eigenvalue weighted by Crippen LogP contribution is 2.36. The van der Waals surface area contributed by atoms with Gasteiger partial charge < -0.3 is 15.4 Å². The van der Waals surface area contributed by atoms with Gasteiger partial charge in [-0.1, -0.05) is 30.3 Å². The Morgan fingerprint density at radius 3 is 2.68 bits per heavy atom. The zero-order valence-electron chi connectivity index (χ0n) is 17.9. The minimum Gasteiger partial charge on any atom is -0.496 e. The Kier molecular flexibility index (Phi) is 6.31. The minimum atomic E-state index is -3.69. The summed E-state index contributed by atoms with van der Waals surface area (Å²) in [7, 11) is -2.08. The summed E-state index contributed by atoms with van der Waals surface area (Å²) in [5, 5.41) is 7.24. The second kappa shape index (κ2) is 8.98. The van der Waals surface area contributed by atoms with Crippen molar-refractivity contribution in [3.05, 3.63) is 59.2 Å². The quantitative estimate of drug-likeness (QED) is 0.713. The number of carbonyl (C=O) groups is 1. The van der Waals surface area contributed by atoms with E-state index >= 15 is 0 Å². The topological polar surface area (TPSA) is 87.7 Å². The smallest absolute Gasteiger partial charge is 0.241 e. The van der Waals surface area contributed by atoms with E-state index in [1.165, 1.54) is 5.56 Å². The predicted molar refractivity (Wildman–Crippen MR) is 121 cm³/mol. The summed E-state index contributed by atoms with van der Waals surface area (Å²) in [4.78, 5) is 12.4. The highest BCUT2D eigenvalue weighted by Gasteiger charge is 2.32. The average Bonchev–Trinajstić information content (AvgIpc) is 2.77. The predicted octanol–water partition coefficient (Wildman–Crippen LogP) is 2.52. The monoisotopic (exact) mass is 443 g/mol. The van der Waals surface area contributed by atoms with Crippen LogP contribution in [0, 0.1) is 0 Å². The van der Waals surface area contributed by atoms with Gasteiger partial charge in [-0.2, -0.15) is 0 Å². The summed E-state index contributed by atoms with van der Waals surface area (Å²) in [5.74, 6) is 0.314. The third-order valence-corrected chi connectivity index (χ3v) is 7.10. The Bertz CT molecular complexity index is 1060. The van der Waals surface area contributed by atoms with Gasteiger partial charge in [0.1, 0.15) is 5.75 Å². The molecule has 1 amide bonds. The number of methoxy groups -OCH3 is 1. The number of amides is 1. The normalized spacial score (nSPS) is 21.6. The van der Waals surface area contributed by atoms with Gasteiger partial charge in [-0.15, -0.1) is 0 Å². The second-order valence-electron chi connectivity index (χ2n) is 8.19. The van der Waals surface area contributed by atoms with Gasteiger partial charge >= 0.3 is 0 Å². The SMILES string of the molecule is COc1cc2c(cc1CNC1CCCNC1c1ccccc1)N(S(C)(=O)=O)C(=O)CC2. The number of ether oxygens (including phenoxy) is 1. The standard InChI is InChI=1S/C23H29N3O4S/c1-30-21-14-17-10-11-22(27)26(31(2,28)29)20(17)13-18(21)15-25-19-9-6-12-24-23(19)16-7-4-3-5-8-16/h3-5,7-8,13-14,19,23-25H,6,9-12,15H2,1-2H3. The van der Waals surface area contributed by atoms with Crippen molar-refractivity contribution in [3.63, 3.8) is 0 Å². The van der Waals surface area contributed by atoms with Gasteiger partial charge in [0.05, 0.1) is 19.1 Å². The molecule has 7 nitrogen and oxygen atoms in total. The molecule has 0 aliphatic carbocycles. The number of aryl methyl sites for hydroxylation is 1. The van der Waals surface area contributed by atoms with Crippen molar-refractivity contribution in [1.82, 2.24) is 10.6 Å². The lowest BCUT2D eigenvalue weighted by Crippen LogP contribution is -2.45. The molecule has 2 N–H and O–H groups in total. The zero-order chi connectivity index (χ0) is 22.0. The molecule has 166 valence electrons. The fraction of sp³-hybridized carbons (Fsp3) is 0.435. The highest BCUT2D eigenvalue weighted by molar-refractivity contribution is 7.92. The first-order valence-corrected chi connectivity index (χ1v) is 12.5. The van der Waals surface area contributed by atoms with Crippen molar-refractivity contribution in [2.24, 2.45) is 0 Å². The van der Waals surface area contributed by atoms with E-state index in [9.17, 15) is 13.2 Å². The summed E-state index contributed by atoms with van der Waals surface area (Å²) in [6.07, 6.45) is 3.87. The van der Waals surface area contributed by atoms with E-state index in [4.69, 9.17) is 4.74 Å². The van der Waals surface area contributed by atoms with Crippen LogP contribution in [0.25, 0.3) is 0 Å². The number of fused-ring (bicyclic) bond motifs is 1. The third-order valence-electron chi connectivity index (χ3n) is 6.04. The Labute approximate surface area is 183 Å². The van der Waals surface area contributed by atoms with Crippen molar-refractivity contribution in [3.8, 4) is 5.75 Å². The van der Waals surface area contributed by atoms with Crippen LogP contribution in [-0.4, -0.2) is 40.3 Å². The molecule has 0 spiro atoms. The third kappa shape index (κ3) is 4.61. The number of rotatable bonds is 6. The van der Waals surface area contributed by atoms with E-state index in [0.717, 1.165) is 41.1 Å². The molecule has 2 unspecified atom stereocenters. The number of hydrogen-bond acceptors (Lipinski definition) is 6. The zero-order valence-corrected chi connectivity index (χ0v) is 18.7. The molecule has 8 heteroatoms. The molecule has 2 atom stereocenters. The number of anilines is 1. The number of sulfonamides is 1. The molecule has 2 aromatic carbocycles. The number of carbonyl (C=O) groups excluding carboxylic acids is 1. The molecule has 4 rings (SSSR count). The number of nitrogens with zero attached hydrogens (tertiary/aromatic N) is 1. The molecule has 0 bridgehead atoms. The molecular formula is C23H29N3O4S. The number of hydrogen-bond donors (Lipinski definition) is 2. The van der Waals surface area contributed by atoms with Crippen molar-refractivity contribution in [2.75, 3.05) is 24.2 Å². The van der Waals surface area contributed by atoms with E-state index in [0.29, 0.717) is 24.4 Å². The highest BCUT2D eigenvalue weighted by atomic mass is 32.2. The molecule has 1 fully saturated rings. The van der Waals surface area contributed by atoms with Crippen LogP contribution in [0.3, 0.4) is 0 Å². The molecule has 2 aliphatic rings. The average molecular weight is 444 g/mol. The summed E-state index contributed by atoms with van der Waals surface area (Å²) in [5.41, 5.74) is 3.33. The summed E-state index contributed by atoms with van der Waals surface area (Å²) >= 11 is 0. The first-order chi connectivity index (χ1) is 14.9. The van der Waals surface area contributed by atoms with E-state index < -0.39 is 10.0 Å². The van der Waals surface area contributed by atoms with E-state index in [2.05, 4.69) is 22.8 Å². The Hall–Kier alpha value is -2.42. The van der Waals surface area contributed by atoms with Crippen LogP contribution in [0.4, 0.5) is 5.69 Å². The Balaban J connectivity index is 1.61. The Morgan fingerprint density at radius 1 is 1.19 bits per heavy atom. The molecule has 2 aliphatic heterocycles. The van der Waals surface area contributed by atoms with Crippen molar-refractivity contribution in [2.45, 2.75) is 44.3 Å². The van der Waals surface area contributed by atoms with Crippen LogP contribution in [0.15, 0.2) is 42.5 Å². The summed E-state index contributed by atoms with van der Waals surface area (Å²) < 4.78 is 31.1. The van der Waals surface area contributed by atoms with Crippen molar-refractivity contribution in [1.29, 1.82) is 0 Å². The maximum absolute atomic E-state index is 12.4. The van der Waals surface area contributed by atoms with Gasteiger partial charge in [-0.05, 0) is 49.1 Å². The lowest BCUT2D eigenvalue weighted by atomic mass is 9.92. The van der Waals surface area contributed by atoms with Gasteiger partial charge in [0.15, 0.2) is 0 Å². The lowest BCUT2D eigenvalue weighted by molar-refractivity contribution is -0.117. The molecule has 0 radical (unpaired) electrons. The molecular weight excluding hydrogens is 414 g/mol. The van der Waals surface area contributed by atoms with Crippen LogP contribution >= 0.6 is 0 Å². The summed E-state index contributed by atoms with van der Waals surface area (Å²) in [6.45, 7) is 1.49. The molecule has 2 aromatic rings. The number of nitrogens with one attached hydrogen (secondary N) is 2. The summed E-state index contributed by atoms with van der Waals surface area (Å²) in [6, 6.07) is 14.5. The number of benzene rings is 2. The van der Waals surface area contributed by atoms with Crippen LogP contribution < -0.4 is 19.7 Å². The van der Waals surface area contributed by atoms with E-state index in [1.807, 2.05) is 24.3 Å². The van der Waals surface area contributed by atoms with Crippen molar-refractivity contribution >= 4 is 21.6 Å².